The van der Waals surface area contributed by atoms with E-state index in [0.717, 1.165) is 5.75 Å². The zero-order valence-corrected chi connectivity index (χ0v) is 5.15. The van der Waals surface area contributed by atoms with Gasteiger partial charge in [-0.1, -0.05) is 22.6 Å². The molecule has 1 heterocycles. The van der Waals surface area contributed by atoms with Gasteiger partial charge in [0.25, 0.3) is 5.24 Å². The highest BCUT2D eigenvalue weighted by atomic mass is 32.2. The van der Waals surface area contributed by atoms with Gasteiger partial charge < -0.3 is 5.73 Å². The van der Waals surface area contributed by atoms with Crippen LogP contribution in [-0.4, -0.2) is 16.4 Å². The first kappa shape index (κ1) is 5.56. The van der Waals surface area contributed by atoms with Crippen molar-refractivity contribution >= 4 is 21.1 Å². The van der Waals surface area contributed by atoms with Crippen LogP contribution in [0.5, 0.6) is 0 Å². The molecular weight excluding hydrogens is 122 g/mol. The Morgan fingerprint density at radius 1 is 1.75 bits per heavy atom. The van der Waals surface area contributed by atoms with E-state index in [0.29, 0.717) is 0 Å². The summed E-state index contributed by atoms with van der Waals surface area (Å²) < 4.78 is 0. The number of primary amides is 1. The predicted octanol–water partition coefficient (Wildman–Crippen LogP) is 0.706. The van der Waals surface area contributed by atoms with Crippen molar-refractivity contribution in [2.75, 3.05) is 5.75 Å². The van der Waals surface area contributed by atoms with Crippen LogP contribution in [0.4, 0.5) is 4.79 Å². The maximum absolute atomic E-state index is 10.4. The van der Waals surface area contributed by atoms with Crippen molar-refractivity contribution in [2.24, 2.45) is 5.73 Å². The number of nitrogens with two attached hydrogens (primary N) is 1. The zero-order chi connectivity index (χ0) is 5.98. The van der Waals surface area contributed by atoms with Crippen molar-refractivity contribution in [1.29, 1.82) is 0 Å². The Balaban J connectivity index is 2.64. The van der Waals surface area contributed by atoms with Crippen molar-refractivity contribution in [1.82, 2.24) is 0 Å². The molecule has 0 aromatic carbocycles. The largest absolute Gasteiger partial charge is 0.361 e. The minimum absolute atomic E-state index is 0.199. The Hall–Kier alpha value is -0.570. The SMILES string of the molecule is NC(=O)S1=CC=CC1. The summed E-state index contributed by atoms with van der Waals surface area (Å²) in [5.74, 6) is 0.815. The lowest BCUT2D eigenvalue weighted by Crippen LogP contribution is -2.05. The molecule has 44 valence electrons. The van der Waals surface area contributed by atoms with Crippen LogP contribution in [0.2, 0.25) is 0 Å². The van der Waals surface area contributed by atoms with Gasteiger partial charge in [0.2, 0.25) is 0 Å². The fraction of sp³-hybridized carbons (Fsp3) is 0.200. The number of hydrogen-bond acceptors (Lipinski definition) is 1. The number of amides is 1. The number of carbonyl (C=O) groups excluding carboxylic acids is 1. The normalized spacial score (nSPS) is 25.2. The highest BCUT2D eigenvalue weighted by Gasteiger charge is 2.01. The van der Waals surface area contributed by atoms with Gasteiger partial charge in [-0.15, -0.1) is 0 Å². The van der Waals surface area contributed by atoms with Gasteiger partial charge in [0.15, 0.2) is 0 Å². The molecule has 0 aromatic rings. The number of hydrogen-bond donors (Lipinski definition) is 1. The summed E-state index contributed by atoms with van der Waals surface area (Å²) in [5, 5.41) is 1.65. The second kappa shape index (κ2) is 2.13. The lowest BCUT2D eigenvalue weighted by molar-refractivity contribution is 0.267. The van der Waals surface area contributed by atoms with Crippen LogP contribution in [0, 0.1) is 0 Å². The maximum Gasteiger partial charge on any atom is 0.271 e. The molecule has 2 nitrogen and oxygen atoms in total. The van der Waals surface area contributed by atoms with Gasteiger partial charge in [-0.25, -0.2) is 0 Å². The summed E-state index contributed by atoms with van der Waals surface area (Å²) in [5.41, 5.74) is 5.00. The zero-order valence-electron chi connectivity index (χ0n) is 4.33. The highest BCUT2D eigenvalue weighted by Crippen LogP contribution is 2.14. The van der Waals surface area contributed by atoms with E-state index in [1.54, 1.807) is 0 Å². The molecule has 1 aliphatic heterocycles. The van der Waals surface area contributed by atoms with E-state index >= 15 is 0 Å². The summed E-state index contributed by atoms with van der Waals surface area (Å²) in [6.45, 7) is 0. The molecule has 0 spiro atoms. The van der Waals surface area contributed by atoms with Crippen molar-refractivity contribution in [3.05, 3.63) is 12.2 Å². The Bertz CT molecular complexity index is 171. The molecule has 0 aliphatic carbocycles. The summed E-state index contributed by atoms with van der Waals surface area (Å²) in [7, 11) is -0.276. The topological polar surface area (TPSA) is 43.1 Å². The third-order valence-corrected chi connectivity index (χ3v) is 2.47. The predicted molar refractivity (Wildman–Crippen MR) is 37.2 cm³/mol. The van der Waals surface area contributed by atoms with Gasteiger partial charge >= 0.3 is 0 Å². The third-order valence-electron chi connectivity index (χ3n) is 0.913. The Labute approximate surface area is 50.3 Å². The Morgan fingerprint density at radius 3 is 2.75 bits per heavy atom. The van der Waals surface area contributed by atoms with Crippen LogP contribution in [-0.2, 0) is 0 Å². The van der Waals surface area contributed by atoms with E-state index < -0.39 is 0 Å². The second-order valence-electron chi connectivity index (χ2n) is 1.48. The first-order chi connectivity index (χ1) is 3.80. The lowest BCUT2D eigenvalue weighted by Gasteiger charge is -1.91. The molecule has 0 saturated carbocycles. The first-order valence-corrected chi connectivity index (χ1v) is 3.75. The van der Waals surface area contributed by atoms with Crippen LogP contribution < -0.4 is 5.73 Å². The molecule has 0 fully saturated rings. The van der Waals surface area contributed by atoms with Crippen molar-refractivity contribution in [2.45, 2.75) is 0 Å². The van der Waals surface area contributed by atoms with Crippen LogP contribution >= 0.6 is 10.5 Å². The van der Waals surface area contributed by atoms with E-state index in [4.69, 9.17) is 5.73 Å². The van der Waals surface area contributed by atoms with Gasteiger partial charge in [0.05, 0.1) is 0 Å². The molecule has 8 heavy (non-hydrogen) atoms. The molecule has 0 aromatic heterocycles. The van der Waals surface area contributed by atoms with Gasteiger partial charge in [-0.2, -0.15) is 0 Å². The van der Waals surface area contributed by atoms with Gasteiger partial charge in [0, 0.05) is 5.75 Å². The fourth-order valence-electron chi connectivity index (χ4n) is 0.514. The van der Waals surface area contributed by atoms with E-state index in [2.05, 4.69) is 0 Å². The summed E-state index contributed by atoms with van der Waals surface area (Å²) >= 11 is 0. The van der Waals surface area contributed by atoms with Crippen LogP contribution in [0.15, 0.2) is 12.2 Å². The first-order valence-electron chi connectivity index (χ1n) is 2.30. The van der Waals surface area contributed by atoms with E-state index in [1.807, 2.05) is 17.5 Å². The summed E-state index contributed by atoms with van der Waals surface area (Å²) in [6.07, 6.45) is 3.84. The molecule has 2 N–H and O–H groups in total. The van der Waals surface area contributed by atoms with Gasteiger partial charge in [-0.05, 0) is 5.37 Å². The van der Waals surface area contributed by atoms with Crippen molar-refractivity contribution in [3.8, 4) is 0 Å². The molecule has 1 aliphatic rings. The van der Waals surface area contributed by atoms with Gasteiger partial charge in [-0.3, -0.25) is 4.79 Å². The number of rotatable bonds is 0. The average Bonchev–Trinajstić information content (AvgIpc) is 2.12. The average molecular weight is 129 g/mol. The van der Waals surface area contributed by atoms with Gasteiger partial charge in [0.1, 0.15) is 0 Å². The monoisotopic (exact) mass is 129 g/mol. The quantitative estimate of drug-likeness (QED) is 0.481. The van der Waals surface area contributed by atoms with E-state index in [9.17, 15) is 4.79 Å². The maximum atomic E-state index is 10.4. The molecule has 1 rings (SSSR count). The minimum atomic E-state index is -0.276. The summed E-state index contributed by atoms with van der Waals surface area (Å²) in [6, 6.07) is 0. The molecule has 0 bridgehead atoms. The number of allylic oxidation sites excluding steroid dienone is 1. The molecule has 0 saturated heterocycles. The number of carbonyl (C=O) groups is 1. The fourth-order valence-corrected chi connectivity index (χ4v) is 1.54. The highest BCUT2D eigenvalue weighted by molar-refractivity contribution is 8.28. The lowest BCUT2D eigenvalue weighted by atomic mass is 10.6. The summed E-state index contributed by atoms with van der Waals surface area (Å²) in [4.78, 5) is 10.4. The molecule has 1 amide bonds. The Morgan fingerprint density at radius 2 is 2.50 bits per heavy atom. The molecule has 1 atom stereocenters. The minimum Gasteiger partial charge on any atom is -0.361 e. The van der Waals surface area contributed by atoms with Crippen molar-refractivity contribution < 1.29 is 4.79 Å². The molecular formula is C5H7NOS. The van der Waals surface area contributed by atoms with E-state index in [1.165, 1.54) is 0 Å². The van der Waals surface area contributed by atoms with Crippen LogP contribution in [0.1, 0.15) is 0 Å². The molecule has 1 unspecified atom stereocenters. The third kappa shape index (κ3) is 0.980. The van der Waals surface area contributed by atoms with Crippen LogP contribution in [0.25, 0.3) is 0 Å². The van der Waals surface area contributed by atoms with Crippen LogP contribution in [0.3, 0.4) is 0 Å². The van der Waals surface area contributed by atoms with Crippen molar-refractivity contribution in [3.63, 3.8) is 0 Å². The smallest absolute Gasteiger partial charge is 0.271 e. The second-order valence-corrected chi connectivity index (χ2v) is 3.34. The molecule has 0 radical (unpaired) electrons. The van der Waals surface area contributed by atoms with E-state index in [-0.39, 0.29) is 15.7 Å². The molecule has 3 heteroatoms. The standard InChI is InChI=1S/C5H7NOS/c6-5(7)8-3-1-2-4-8/h1-3H,4H2,(H2,6,7). The Kier molecular flexibility index (Phi) is 1.48.